The number of anilines is 1. The van der Waals surface area contributed by atoms with Crippen molar-refractivity contribution < 1.29 is 0 Å². The van der Waals surface area contributed by atoms with E-state index in [1.54, 1.807) is 0 Å². The van der Waals surface area contributed by atoms with Crippen LogP contribution in [0.15, 0.2) is 36.4 Å². The molecule has 1 nitrogen and oxygen atoms in total. The number of hydrogen-bond acceptors (Lipinski definition) is 1. The van der Waals surface area contributed by atoms with Crippen molar-refractivity contribution in [3.8, 4) is 11.1 Å². The molecule has 0 saturated carbocycles. The van der Waals surface area contributed by atoms with E-state index in [0.717, 1.165) is 29.1 Å². The first kappa shape index (κ1) is 12.6. The van der Waals surface area contributed by atoms with Crippen molar-refractivity contribution in [2.45, 2.75) is 19.8 Å². The van der Waals surface area contributed by atoms with Gasteiger partial charge in [-0.25, -0.2) is 0 Å². The molecule has 0 atom stereocenters. The van der Waals surface area contributed by atoms with Crippen molar-refractivity contribution in [1.29, 1.82) is 0 Å². The van der Waals surface area contributed by atoms with E-state index >= 15 is 0 Å². The van der Waals surface area contributed by atoms with Gasteiger partial charge in [0.05, 0.1) is 5.02 Å². The van der Waals surface area contributed by atoms with E-state index in [2.05, 4.69) is 55.3 Å². The molecule has 0 aromatic heterocycles. The first-order chi connectivity index (χ1) is 9.16. The Kier molecular flexibility index (Phi) is 3.24. The van der Waals surface area contributed by atoms with Gasteiger partial charge in [-0.1, -0.05) is 35.9 Å². The molecular formula is C17H18ClN. The van der Waals surface area contributed by atoms with Crippen LogP contribution in [0.1, 0.15) is 17.5 Å². The maximum atomic E-state index is 6.43. The number of halogens is 1. The van der Waals surface area contributed by atoms with Crippen LogP contribution in [0.4, 0.5) is 5.69 Å². The van der Waals surface area contributed by atoms with Crippen molar-refractivity contribution in [2.24, 2.45) is 0 Å². The zero-order valence-electron chi connectivity index (χ0n) is 11.4. The molecule has 2 heteroatoms. The molecule has 0 aliphatic carbocycles. The topological polar surface area (TPSA) is 3.24 Å². The fourth-order valence-electron chi connectivity index (χ4n) is 2.82. The largest absolute Gasteiger partial charge is 0.374 e. The average Bonchev–Trinajstić information content (AvgIpc) is 2.42. The smallest absolute Gasteiger partial charge is 0.0513 e. The fourth-order valence-corrected chi connectivity index (χ4v) is 3.06. The van der Waals surface area contributed by atoms with E-state index in [1.165, 1.54) is 23.2 Å². The lowest BCUT2D eigenvalue weighted by molar-refractivity contribution is 0.745. The highest BCUT2D eigenvalue weighted by molar-refractivity contribution is 6.34. The highest BCUT2D eigenvalue weighted by Gasteiger charge is 2.15. The molecule has 0 saturated heterocycles. The predicted octanol–water partition coefficient (Wildman–Crippen LogP) is 4.70. The molecule has 0 fully saturated rings. The minimum Gasteiger partial charge on any atom is -0.374 e. The van der Waals surface area contributed by atoms with Gasteiger partial charge in [0.15, 0.2) is 0 Å². The summed E-state index contributed by atoms with van der Waals surface area (Å²) in [5, 5.41) is 0.867. The molecule has 1 heterocycles. The van der Waals surface area contributed by atoms with Crippen LogP contribution < -0.4 is 4.90 Å². The van der Waals surface area contributed by atoms with Gasteiger partial charge in [0, 0.05) is 24.8 Å². The first-order valence-corrected chi connectivity index (χ1v) is 7.14. The van der Waals surface area contributed by atoms with E-state index in [1.807, 2.05) is 0 Å². The highest BCUT2D eigenvalue weighted by atomic mass is 35.5. The summed E-state index contributed by atoms with van der Waals surface area (Å²) in [6.07, 6.45) is 2.39. The Morgan fingerprint density at radius 1 is 1.16 bits per heavy atom. The van der Waals surface area contributed by atoms with Crippen LogP contribution in [0, 0.1) is 6.92 Å². The number of nitrogens with zero attached hydrogens (tertiary/aromatic N) is 1. The van der Waals surface area contributed by atoms with Gasteiger partial charge in [-0.2, -0.15) is 0 Å². The standard InChI is InChI=1S/C17H18ClN/c1-12-5-3-7-15(17(12)18)13-8-9-16-14(11-13)6-4-10-19(16)2/h3,5,7-9,11H,4,6,10H2,1-2H3. The Morgan fingerprint density at radius 2 is 2.00 bits per heavy atom. The van der Waals surface area contributed by atoms with Gasteiger partial charge < -0.3 is 4.90 Å². The average molecular weight is 272 g/mol. The number of fused-ring (bicyclic) bond motifs is 1. The molecular weight excluding hydrogens is 254 g/mol. The maximum absolute atomic E-state index is 6.43. The summed E-state index contributed by atoms with van der Waals surface area (Å²) >= 11 is 6.43. The van der Waals surface area contributed by atoms with Gasteiger partial charge in [0.1, 0.15) is 0 Å². The maximum Gasteiger partial charge on any atom is 0.0513 e. The van der Waals surface area contributed by atoms with Crippen LogP contribution in [-0.2, 0) is 6.42 Å². The summed E-state index contributed by atoms with van der Waals surface area (Å²) in [4.78, 5) is 2.33. The quantitative estimate of drug-likeness (QED) is 0.727. The molecule has 0 unspecified atom stereocenters. The molecule has 2 aromatic rings. The van der Waals surface area contributed by atoms with E-state index in [-0.39, 0.29) is 0 Å². The third-order valence-electron chi connectivity index (χ3n) is 3.93. The molecule has 1 aliphatic heterocycles. The summed E-state index contributed by atoms with van der Waals surface area (Å²) in [5.74, 6) is 0. The zero-order chi connectivity index (χ0) is 13.4. The molecule has 0 N–H and O–H groups in total. The molecule has 3 rings (SSSR count). The van der Waals surface area contributed by atoms with Crippen molar-refractivity contribution in [2.75, 3.05) is 18.5 Å². The highest BCUT2D eigenvalue weighted by Crippen LogP contribution is 2.34. The van der Waals surface area contributed by atoms with Crippen LogP contribution in [0.2, 0.25) is 5.02 Å². The van der Waals surface area contributed by atoms with Crippen molar-refractivity contribution in [3.05, 3.63) is 52.5 Å². The van der Waals surface area contributed by atoms with Crippen LogP contribution in [0.5, 0.6) is 0 Å². The third kappa shape index (κ3) is 2.23. The van der Waals surface area contributed by atoms with Gasteiger partial charge in [-0.3, -0.25) is 0 Å². The minimum atomic E-state index is 0.867. The van der Waals surface area contributed by atoms with Crippen molar-refractivity contribution in [1.82, 2.24) is 0 Å². The van der Waals surface area contributed by atoms with E-state index < -0.39 is 0 Å². The second kappa shape index (κ2) is 4.90. The normalized spacial score (nSPS) is 14.4. The molecule has 0 bridgehead atoms. The molecule has 0 amide bonds. The summed E-state index contributed by atoms with van der Waals surface area (Å²) in [5.41, 5.74) is 6.29. The Morgan fingerprint density at radius 3 is 2.84 bits per heavy atom. The lowest BCUT2D eigenvalue weighted by atomic mass is 9.96. The number of aryl methyl sites for hydroxylation is 2. The van der Waals surface area contributed by atoms with Gasteiger partial charge in [-0.15, -0.1) is 0 Å². The van der Waals surface area contributed by atoms with Crippen LogP contribution in [0.3, 0.4) is 0 Å². The summed E-state index contributed by atoms with van der Waals surface area (Å²) in [6, 6.07) is 12.9. The van der Waals surface area contributed by atoms with Crippen molar-refractivity contribution in [3.63, 3.8) is 0 Å². The first-order valence-electron chi connectivity index (χ1n) is 6.76. The van der Waals surface area contributed by atoms with Gasteiger partial charge >= 0.3 is 0 Å². The Labute approximate surface area is 119 Å². The van der Waals surface area contributed by atoms with E-state index in [0.29, 0.717) is 0 Å². The van der Waals surface area contributed by atoms with Gasteiger partial charge in [-0.05, 0) is 48.6 Å². The monoisotopic (exact) mass is 271 g/mol. The van der Waals surface area contributed by atoms with Crippen LogP contribution in [-0.4, -0.2) is 13.6 Å². The van der Waals surface area contributed by atoms with E-state index in [9.17, 15) is 0 Å². The number of rotatable bonds is 1. The summed E-state index contributed by atoms with van der Waals surface area (Å²) in [7, 11) is 2.16. The van der Waals surface area contributed by atoms with Crippen LogP contribution >= 0.6 is 11.6 Å². The SMILES string of the molecule is Cc1cccc(-c2ccc3c(c2)CCCN3C)c1Cl. The fraction of sp³-hybridized carbons (Fsp3) is 0.294. The molecule has 0 spiro atoms. The number of hydrogen-bond donors (Lipinski definition) is 0. The zero-order valence-corrected chi connectivity index (χ0v) is 12.2. The predicted molar refractivity (Wildman–Crippen MR) is 83.2 cm³/mol. The molecule has 1 aliphatic rings. The lowest BCUT2D eigenvalue weighted by Gasteiger charge is -2.28. The Bertz CT molecular complexity index is 619. The number of benzene rings is 2. The Hall–Kier alpha value is -1.47. The lowest BCUT2D eigenvalue weighted by Crippen LogP contribution is -2.24. The molecule has 98 valence electrons. The van der Waals surface area contributed by atoms with E-state index in [4.69, 9.17) is 11.6 Å². The molecule has 0 radical (unpaired) electrons. The molecule has 19 heavy (non-hydrogen) atoms. The van der Waals surface area contributed by atoms with Gasteiger partial charge in [0.2, 0.25) is 0 Å². The summed E-state index contributed by atoms with van der Waals surface area (Å²) < 4.78 is 0. The third-order valence-corrected chi connectivity index (χ3v) is 4.43. The van der Waals surface area contributed by atoms with Crippen LogP contribution in [0.25, 0.3) is 11.1 Å². The summed E-state index contributed by atoms with van der Waals surface area (Å²) in [6.45, 7) is 3.20. The molecule has 2 aromatic carbocycles. The second-order valence-electron chi connectivity index (χ2n) is 5.31. The second-order valence-corrected chi connectivity index (χ2v) is 5.68. The minimum absolute atomic E-state index is 0.867. The Balaban J connectivity index is 2.09. The van der Waals surface area contributed by atoms with Crippen molar-refractivity contribution >= 4 is 17.3 Å². The van der Waals surface area contributed by atoms with Gasteiger partial charge in [0.25, 0.3) is 0 Å².